The van der Waals surface area contributed by atoms with Gasteiger partial charge in [-0.25, -0.2) is 4.90 Å². The summed E-state index contributed by atoms with van der Waals surface area (Å²) in [5, 5.41) is 21.7. The van der Waals surface area contributed by atoms with Crippen molar-refractivity contribution in [1.82, 2.24) is 4.90 Å². The zero-order valence-corrected chi connectivity index (χ0v) is 24.6. The van der Waals surface area contributed by atoms with E-state index in [1.165, 1.54) is 51.6 Å². The summed E-state index contributed by atoms with van der Waals surface area (Å²) in [4.78, 5) is 63.7. The van der Waals surface area contributed by atoms with Gasteiger partial charge in [0, 0.05) is 42.8 Å². The van der Waals surface area contributed by atoms with Crippen LogP contribution in [0.1, 0.15) is 24.3 Å². The smallest absolute Gasteiger partial charge is 0.271 e. The number of ether oxygens (including phenoxy) is 2. The van der Waals surface area contributed by atoms with E-state index < -0.39 is 62.0 Å². The Kier molecular flexibility index (Phi) is 6.51. The molecule has 2 aromatic rings. The van der Waals surface area contributed by atoms with E-state index in [9.17, 15) is 34.4 Å². The topological polar surface area (TPSA) is 157 Å². The molecule has 4 aliphatic rings. The predicted octanol–water partition coefficient (Wildman–Crippen LogP) is 3.51. The quantitative estimate of drug-likeness (QED) is 0.172. The number of hydrogen-bond acceptors (Lipinski definition) is 9. The third-order valence-electron chi connectivity index (χ3n) is 9.13. The van der Waals surface area contributed by atoms with Crippen LogP contribution in [-0.4, -0.2) is 69.6 Å². The lowest BCUT2D eigenvalue weighted by molar-refractivity contribution is -0.384. The summed E-state index contributed by atoms with van der Waals surface area (Å²) in [7, 11) is 3.97. The number of allylic oxidation sites excluding steroid dienone is 2. The van der Waals surface area contributed by atoms with Gasteiger partial charge in [-0.2, -0.15) is 0 Å². The first-order valence-electron chi connectivity index (χ1n) is 13.3. The molecule has 6 atom stereocenters. The molecule has 0 radical (unpaired) electrons. The summed E-state index contributed by atoms with van der Waals surface area (Å²) in [5.41, 5.74) is 0.489. The normalized spacial score (nSPS) is 31.4. The number of nitrogens with zero attached hydrogens (tertiary/aromatic N) is 3. The summed E-state index contributed by atoms with van der Waals surface area (Å²) >= 11 is 14.4. The van der Waals surface area contributed by atoms with E-state index >= 15 is 0 Å². The molecular weight excluding hydrogens is 605 g/mol. The zero-order valence-electron chi connectivity index (χ0n) is 23.1. The van der Waals surface area contributed by atoms with E-state index in [4.69, 9.17) is 32.7 Å². The monoisotopic (exact) mass is 629 g/mol. The van der Waals surface area contributed by atoms with Crippen LogP contribution in [0.15, 0.2) is 48.0 Å². The van der Waals surface area contributed by atoms with Crippen LogP contribution in [0, 0.1) is 27.9 Å². The molecule has 0 aromatic heterocycles. The van der Waals surface area contributed by atoms with Crippen molar-refractivity contribution in [2.75, 3.05) is 26.2 Å². The van der Waals surface area contributed by atoms with Crippen molar-refractivity contribution < 1.29 is 38.7 Å². The van der Waals surface area contributed by atoms with Gasteiger partial charge in [0.2, 0.25) is 11.8 Å². The first-order valence-corrected chi connectivity index (χ1v) is 14.0. The molecule has 2 aromatic carbocycles. The van der Waals surface area contributed by atoms with Crippen LogP contribution >= 0.6 is 23.2 Å². The fraction of sp³-hybridized carbons (Fsp3) is 0.379. The lowest BCUT2D eigenvalue weighted by Crippen LogP contribution is -2.60. The zero-order chi connectivity index (χ0) is 31.2. The highest BCUT2D eigenvalue weighted by Gasteiger charge is 2.76. The molecule has 224 valence electrons. The maximum atomic E-state index is 14.1. The largest absolute Gasteiger partial charge is 0.508 e. The van der Waals surface area contributed by atoms with Crippen molar-refractivity contribution in [2.24, 2.45) is 17.8 Å². The number of non-ortho nitro benzene ring substituents is 1. The van der Waals surface area contributed by atoms with E-state index in [1.54, 1.807) is 6.08 Å². The lowest BCUT2D eigenvalue weighted by Gasteiger charge is -2.51. The Hall–Kier alpha value is -4.16. The van der Waals surface area contributed by atoms with Gasteiger partial charge in [0.1, 0.15) is 17.2 Å². The van der Waals surface area contributed by atoms with Crippen LogP contribution in [-0.2, 0) is 19.2 Å². The van der Waals surface area contributed by atoms with Crippen molar-refractivity contribution in [3.8, 4) is 17.2 Å². The molecule has 0 bridgehead atoms. The first-order chi connectivity index (χ1) is 20.3. The molecule has 6 rings (SSSR count). The molecule has 2 aliphatic carbocycles. The number of nitro groups is 1. The van der Waals surface area contributed by atoms with Crippen LogP contribution in [0.25, 0.3) is 0 Å². The highest BCUT2D eigenvalue weighted by atomic mass is 35.5. The summed E-state index contributed by atoms with van der Waals surface area (Å²) in [6, 6.07) is 7.84. The summed E-state index contributed by atoms with van der Waals surface area (Å²) in [5.74, 6) is -6.52. The number of carbonyl (C=O) groups excluding carboxylic acids is 4. The Morgan fingerprint density at radius 1 is 1.00 bits per heavy atom. The van der Waals surface area contributed by atoms with Crippen molar-refractivity contribution >= 4 is 58.2 Å². The van der Waals surface area contributed by atoms with Crippen molar-refractivity contribution in [2.45, 2.75) is 28.5 Å². The van der Waals surface area contributed by atoms with E-state index in [0.717, 1.165) is 15.9 Å². The van der Waals surface area contributed by atoms with Gasteiger partial charge in [0.15, 0.2) is 9.75 Å². The molecular formula is C29H25Cl2N3O9. The van der Waals surface area contributed by atoms with E-state index in [-0.39, 0.29) is 47.0 Å². The van der Waals surface area contributed by atoms with E-state index in [0.29, 0.717) is 5.57 Å². The molecule has 43 heavy (non-hydrogen) atoms. The molecule has 4 amide bonds. The van der Waals surface area contributed by atoms with Crippen LogP contribution in [0.4, 0.5) is 11.4 Å². The van der Waals surface area contributed by atoms with Gasteiger partial charge in [0.05, 0.1) is 36.7 Å². The predicted molar refractivity (Wildman–Crippen MR) is 152 cm³/mol. The van der Waals surface area contributed by atoms with Gasteiger partial charge in [0.25, 0.3) is 17.5 Å². The number of alkyl halides is 2. The Labute approximate surface area is 254 Å². The Morgan fingerprint density at radius 2 is 1.65 bits per heavy atom. The number of halogens is 2. The molecule has 2 saturated heterocycles. The first kappa shape index (κ1) is 28.9. The number of nitro benzene ring substituents is 1. The number of carbonyl (C=O) groups is 4. The third kappa shape index (κ3) is 3.69. The Morgan fingerprint density at radius 3 is 2.26 bits per heavy atom. The number of likely N-dealkylation sites (tertiary alicyclic amines) is 1. The number of rotatable bonds is 5. The second-order valence-corrected chi connectivity index (χ2v) is 12.3. The summed E-state index contributed by atoms with van der Waals surface area (Å²) in [6.07, 6.45) is 1.59. The summed E-state index contributed by atoms with van der Waals surface area (Å²) < 4.78 is 11.2. The second-order valence-electron chi connectivity index (χ2n) is 11.1. The third-order valence-corrected chi connectivity index (χ3v) is 10.5. The van der Waals surface area contributed by atoms with Gasteiger partial charge in [-0.1, -0.05) is 17.7 Å². The molecule has 0 spiro atoms. The maximum Gasteiger partial charge on any atom is 0.271 e. The molecule has 3 fully saturated rings. The van der Waals surface area contributed by atoms with Crippen LogP contribution in [0.2, 0.25) is 0 Å². The Balaban J connectivity index is 1.55. The van der Waals surface area contributed by atoms with Crippen molar-refractivity contribution in [3.63, 3.8) is 0 Å². The lowest BCUT2D eigenvalue weighted by atomic mass is 9.56. The van der Waals surface area contributed by atoms with Crippen LogP contribution in [0.3, 0.4) is 0 Å². The molecule has 1 N–H and O–H groups in total. The molecule has 14 heteroatoms. The van der Waals surface area contributed by atoms with Crippen LogP contribution < -0.4 is 14.4 Å². The molecule has 1 saturated carbocycles. The Bertz CT molecular complexity index is 1650. The highest BCUT2D eigenvalue weighted by Crippen LogP contribution is 2.67. The van der Waals surface area contributed by atoms with Crippen molar-refractivity contribution in [1.29, 1.82) is 0 Å². The fourth-order valence-corrected chi connectivity index (χ4v) is 8.27. The fourth-order valence-electron chi connectivity index (χ4n) is 7.27. The van der Waals surface area contributed by atoms with Crippen LogP contribution in [0.5, 0.6) is 17.2 Å². The number of phenolic OH excluding ortho intramolecular Hbond substituents is 1. The average molecular weight is 630 g/mol. The number of methoxy groups -OCH3 is 2. The number of aromatic hydroxyl groups is 1. The number of fused-ring (bicyclic) bond motifs is 4. The minimum Gasteiger partial charge on any atom is -0.508 e. The van der Waals surface area contributed by atoms with E-state index in [1.807, 2.05) is 0 Å². The van der Waals surface area contributed by atoms with Crippen molar-refractivity contribution in [3.05, 3.63) is 63.7 Å². The average Bonchev–Trinajstić information content (AvgIpc) is 3.31. The minimum absolute atomic E-state index is 0.0495. The molecule has 12 nitrogen and oxygen atoms in total. The standard InChI is InChI=1S/C29H25Cl2N3O9/c1-32-26(38)28(30)12-18-16(23(29(28,31)27(32)39)22-19(42-2)10-15(35)11-20(22)43-3)7-8-17-21(18)25(37)33(24(17)36)13-5-4-6-14(9-13)34(40)41/h4-7,9-11,17-18,21,23,35H,8,12H2,1-3H3. The molecule has 2 aliphatic heterocycles. The molecule has 2 heterocycles. The van der Waals surface area contributed by atoms with Gasteiger partial charge < -0.3 is 14.6 Å². The molecule has 6 unspecified atom stereocenters. The number of anilines is 1. The highest BCUT2D eigenvalue weighted by molar-refractivity contribution is 6.53. The van der Waals surface area contributed by atoms with Gasteiger partial charge >= 0.3 is 0 Å². The number of benzene rings is 2. The SMILES string of the molecule is COc1cc(O)cc(OC)c1C1C2=CCC3C(=O)N(c4cccc([N+](=O)[O-])c4)C(=O)C3C2CC2(Cl)C(=O)N(C)C(=O)C12Cl. The number of hydrogen-bond donors (Lipinski definition) is 1. The van der Waals surface area contributed by atoms with E-state index in [2.05, 4.69) is 0 Å². The number of imide groups is 2. The minimum atomic E-state index is -2.08. The number of phenols is 1. The van der Waals surface area contributed by atoms with Gasteiger partial charge in [-0.05, 0) is 24.8 Å². The second kappa shape index (κ2) is 9.68. The number of amides is 4. The summed E-state index contributed by atoms with van der Waals surface area (Å²) in [6.45, 7) is 0. The van der Waals surface area contributed by atoms with Gasteiger partial charge in [-0.3, -0.25) is 34.2 Å². The maximum absolute atomic E-state index is 14.1. The van der Waals surface area contributed by atoms with Gasteiger partial charge in [-0.15, -0.1) is 23.2 Å².